The molecule has 1 aromatic heterocycles. The van der Waals surface area contributed by atoms with Gasteiger partial charge in [0.15, 0.2) is 0 Å². The standard InChI is InChI=1S/C16H27N3O2/c17-10-6-3-1-2-4-8-12-19(14-16(20)21)13-15-9-5-7-11-18-15/h5,7,9,11H,1-4,6,8,10,12-14,17H2,(H,20,21). The van der Waals surface area contributed by atoms with Crippen LogP contribution in [-0.2, 0) is 11.3 Å². The van der Waals surface area contributed by atoms with Crippen LogP contribution in [0.1, 0.15) is 44.2 Å². The van der Waals surface area contributed by atoms with Crippen molar-refractivity contribution in [3.8, 4) is 0 Å². The van der Waals surface area contributed by atoms with Gasteiger partial charge in [-0.3, -0.25) is 14.7 Å². The van der Waals surface area contributed by atoms with Crippen molar-refractivity contribution in [1.29, 1.82) is 0 Å². The highest BCUT2D eigenvalue weighted by Crippen LogP contribution is 2.08. The van der Waals surface area contributed by atoms with Crippen molar-refractivity contribution in [1.82, 2.24) is 9.88 Å². The Morgan fingerprint density at radius 3 is 2.48 bits per heavy atom. The van der Waals surface area contributed by atoms with Gasteiger partial charge in [-0.05, 0) is 38.1 Å². The summed E-state index contributed by atoms with van der Waals surface area (Å²) < 4.78 is 0. The van der Waals surface area contributed by atoms with Crippen molar-refractivity contribution in [3.63, 3.8) is 0 Å². The highest BCUT2D eigenvalue weighted by atomic mass is 16.4. The van der Waals surface area contributed by atoms with Crippen LogP contribution in [0.2, 0.25) is 0 Å². The van der Waals surface area contributed by atoms with E-state index in [1.165, 1.54) is 19.3 Å². The molecule has 118 valence electrons. The number of aromatic nitrogens is 1. The lowest BCUT2D eigenvalue weighted by Gasteiger charge is -2.19. The molecule has 5 nitrogen and oxygen atoms in total. The molecular weight excluding hydrogens is 266 g/mol. The predicted molar refractivity (Wildman–Crippen MR) is 83.9 cm³/mol. The molecule has 0 amide bonds. The molecule has 1 rings (SSSR count). The first kappa shape index (κ1) is 17.6. The summed E-state index contributed by atoms with van der Waals surface area (Å²) in [6.07, 6.45) is 8.63. The van der Waals surface area contributed by atoms with Crippen LogP contribution in [0, 0.1) is 0 Å². The van der Waals surface area contributed by atoms with E-state index >= 15 is 0 Å². The van der Waals surface area contributed by atoms with Gasteiger partial charge in [-0.15, -0.1) is 0 Å². The summed E-state index contributed by atoms with van der Waals surface area (Å²) in [4.78, 5) is 17.1. The Hall–Kier alpha value is -1.46. The molecule has 1 heterocycles. The van der Waals surface area contributed by atoms with Gasteiger partial charge in [0.1, 0.15) is 0 Å². The molecule has 0 spiro atoms. The molecule has 5 heteroatoms. The van der Waals surface area contributed by atoms with Crippen molar-refractivity contribution < 1.29 is 9.90 Å². The lowest BCUT2D eigenvalue weighted by atomic mass is 10.1. The minimum absolute atomic E-state index is 0.0732. The van der Waals surface area contributed by atoms with Gasteiger partial charge in [-0.1, -0.05) is 31.7 Å². The molecule has 0 aliphatic heterocycles. The number of hydrogen-bond donors (Lipinski definition) is 2. The zero-order valence-electron chi connectivity index (χ0n) is 12.7. The van der Waals surface area contributed by atoms with E-state index < -0.39 is 5.97 Å². The summed E-state index contributed by atoms with van der Waals surface area (Å²) in [7, 11) is 0. The highest BCUT2D eigenvalue weighted by molar-refractivity contribution is 5.69. The van der Waals surface area contributed by atoms with Crippen molar-refractivity contribution in [3.05, 3.63) is 30.1 Å². The van der Waals surface area contributed by atoms with E-state index in [1.54, 1.807) is 6.20 Å². The normalized spacial score (nSPS) is 11.0. The van der Waals surface area contributed by atoms with Crippen LogP contribution in [0.25, 0.3) is 0 Å². The zero-order chi connectivity index (χ0) is 15.3. The van der Waals surface area contributed by atoms with Crippen LogP contribution in [0.4, 0.5) is 0 Å². The molecule has 1 aromatic rings. The smallest absolute Gasteiger partial charge is 0.317 e. The fraction of sp³-hybridized carbons (Fsp3) is 0.625. The van der Waals surface area contributed by atoms with Crippen LogP contribution in [0.3, 0.4) is 0 Å². The number of rotatable bonds is 12. The minimum atomic E-state index is -0.783. The Morgan fingerprint density at radius 2 is 1.86 bits per heavy atom. The van der Waals surface area contributed by atoms with Crippen molar-refractivity contribution in [2.24, 2.45) is 5.73 Å². The molecular formula is C16H27N3O2. The molecule has 0 aliphatic carbocycles. The number of unbranched alkanes of at least 4 members (excludes halogenated alkanes) is 5. The summed E-state index contributed by atoms with van der Waals surface area (Å²) in [5, 5.41) is 8.99. The lowest BCUT2D eigenvalue weighted by molar-refractivity contribution is -0.138. The fourth-order valence-corrected chi connectivity index (χ4v) is 2.31. The van der Waals surface area contributed by atoms with Crippen molar-refractivity contribution >= 4 is 5.97 Å². The second-order valence-electron chi connectivity index (χ2n) is 5.34. The molecule has 21 heavy (non-hydrogen) atoms. The van der Waals surface area contributed by atoms with E-state index in [4.69, 9.17) is 10.8 Å². The van der Waals surface area contributed by atoms with Crippen molar-refractivity contribution in [2.45, 2.75) is 45.1 Å². The molecule has 0 radical (unpaired) electrons. The molecule has 0 atom stereocenters. The number of carbonyl (C=O) groups is 1. The van der Waals surface area contributed by atoms with Crippen molar-refractivity contribution in [2.75, 3.05) is 19.6 Å². The average molecular weight is 293 g/mol. The number of hydrogen-bond acceptors (Lipinski definition) is 4. The van der Waals surface area contributed by atoms with E-state index in [-0.39, 0.29) is 6.54 Å². The third-order valence-corrected chi connectivity index (χ3v) is 3.40. The number of nitrogens with two attached hydrogens (primary N) is 1. The second kappa shape index (κ2) is 11.2. The molecule has 3 N–H and O–H groups in total. The summed E-state index contributed by atoms with van der Waals surface area (Å²) in [5.41, 5.74) is 6.38. The van der Waals surface area contributed by atoms with Crippen LogP contribution >= 0.6 is 0 Å². The van der Waals surface area contributed by atoms with E-state index in [0.717, 1.165) is 38.0 Å². The summed E-state index contributed by atoms with van der Waals surface area (Å²) in [5.74, 6) is -0.783. The quantitative estimate of drug-likeness (QED) is 0.578. The fourth-order valence-electron chi connectivity index (χ4n) is 2.31. The van der Waals surface area contributed by atoms with Crippen LogP contribution < -0.4 is 5.73 Å². The van der Waals surface area contributed by atoms with Gasteiger partial charge < -0.3 is 10.8 Å². The first-order valence-corrected chi connectivity index (χ1v) is 7.76. The van der Waals surface area contributed by atoms with Gasteiger partial charge in [0.05, 0.1) is 12.2 Å². The summed E-state index contributed by atoms with van der Waals surface area (Å²) in [6.45, 7) is 2.25. The number of aliphatic carboxylic acids is 1. The number of nitrogens with zero attached hydrogens (tertiary/aromatic N) is 2. The average Bonchev–Trinajstić information content (AvgIpc) is 2.46. The number of pyridine rings is 1. The van der Waals surface area contributed by atoms with Gasteiger partial charge >= 0.3 is 5.97 Å². The summed E-state index contributed by atoms with van der Waals surface area (Å²) >= 11 is 0. The largest absolute Gasteiger partial charge is 0.480 e. The Bertz CT molecular complexity index is 384. The highest BCUT2D eigenvalue weighted by Gasteiger charge is 2.10. The Balaban J connectivity index is 2.25. The Labute approximate surface area is 127 Å². The second-order valence-corrected chi connectivity index (χ2v) is 5.34. The molecule has 0 unspecified atom stereocenters. The molecule has 0 bridgehead atoms. The number of carboxylic acid groups (broad SMARTS) is 1. The Morgan fingerprint density at radius 1 is 1.14 bits per heavy atom. The first-order chi connectivity index (χ1) is 10.2. The topological polar surface area (TPSA) is 79.5 Å². The van der Waals surface area contributed by atoms with E-state index in [2.05, 4.69) is 4.98 Å². The first-order valence-electron chi connectivity index (χ1n) is 7.76. The van der Waals surface area contributed by atoms with Gasteiger partial charge in [0.2, 0.25) is 0 Å². The van der Waals surface area contributed by atoms with Crippen LogP contribution in [-0.4, -0.2) is 40.6 Å². The van der Waals surface area contributed by atoms with Gasteiger partial charge in [-0.2, -0.15) is 0 Å². The minimum Gasteiger partial charge on any atom is -0.480 e. The molecule has 0 fully saturated rings. The zero-order valence-corrected chi connectivity index (χ0v) is 12.7. The number of carboxylic acids is 1. The van der Waals surface area contributed by atoms with Gasteiger partial charge in [0.25, 0.3) is 0 Å². The van der Waals surface area contributed by atoms with E-state index in [1.807, 2.05) is 23.1 Å². The maximum absolute atomic E-state index is 10.9. The molecule has 0 aromatic carbocycles. The maximum Gasteiger partial charge on any atom is 0.317 e. The van der Waals surface area contributed by atoms with E-state index in [0.29, 0.717) is 6.54 Å². The molecule has 0 aliphatic rings. The van der Waals surface area contributed by atoms with Crippen LogP contribution in [0.15, 0.2) is 24.4 Å². The molecule has 0 saturated heterocycles. The van der Waals surface area contributed by atoms with Gasteiger partial charge in [0, 0.05) is 12.7 Å². The van der Waals surface area contributed by atoms with Gasteiger partial charge in [-0.25, -0.2) is 0 Å². The third kappa shape index (κ3) is 9.15. The Kier molecular flexibility index (Phi) is 9.40. The lowest BCUT2D eigenvalue weighted by Crippen LogP contribution is -2.30. The monoisotopic (exact) mass is 293 g/mol. The predicted octanol–water partition coefficient (Wildman–Crippen LogP) is 2.27. The summed E-state index contributed by atoms with van der Waals surface area (Å²) in [6, 6.07) is 5.73. The third-order valence-electron chi connectivity index (χ3n) is 3.40. The van der Waals surface area contributed by atoms with E-state index in [9.17, 15) is 4.79 Å². The van der Waals surface area contributed by atoms with Crippen LogP contribution in [0.5, 0.6) is 0 Å². The SMILES string of the molecule is NCCCCCCCCN(CC(=O)O)Cc1ccccn1. The maximum atomic E-state index is 10.9. The molecule has 0 saturated carbocycles.